The quantitative estimate of drug-likeness (QED) is 0.546. The van der Waals surface area contributed by atoms with Crippen LogP contribution >= 0.6 is 0 Å². The Kier molecular flexibility index (Phi) is 4.05. The fraction of sp³-hybridized carbons (Fsp3) is 0.105. The van der Waals surface area contributed by atoms with E-state index in [-0.39, 0.29) is 5.78 Å². The van der Waals surface area contributed by atoms with Crippen LogP contribution in [-0.2, 0) is 6.54 Å². The highest BCUT2D eigenvalue weighted by molar-refractivity contribution is 5.94. The first-order valence-electron chi connectivity index (χ1n) is 7.23. The molecule has 1 heterocycles. The monoisotopic (exact) mass is 289 g/mol. The molecule has 1 aromatic heterocycles. The number of nitrogens with zero attached hydrogens (tertiary/aromatic N) is 2. The summed E-state index contributed by atoms with van der Waals surface area (Å²) in [5.41, 5.74) is 3.84. The van der Waals surface area contributed by atoms with Gasteiger partial charge < -0.3 is 0 Å². The molecule has 0 spiro atoms. The first-order chi connectivity index (χ1) is 10.7. The second-order valence-corrected chi connectivity index (χ2v) is 5.27. The number of carbonyl (C=O) groups is 1. The van der Waals surface area contributed by atoms with Gasteiger partial charge in [0.1, 0.15) is 5.69 Å². The summed E-state index contributed by atoms with van der Waals surface area (Å²) in [5.74, 6) is 0.0898. The molecule has 108 valence electrons. The van der Waals surface area contributed by atoms with Crippen LogP contribution in [0, 0.1) is 6.92 Å². The molecular weight excluding hydrogens is 272 g/mol. The Morgan fingerprint density at radius 1 is 1.09 bits per heavy atom. The van der Waals surface area contributed by atoms with Crippen molar-refractivity contribution in [3.8, 4) is 11.3 Å². The molecule has 3 aromatic rings. The van der Waals surface area contributed by atoms with E-state index in [2.05, 4.69) is 24.0 Å². The van der Waals surface area contributed by atoms with Crippen LogP contribution in [-0.4, -0.2) is 10.8 Å². The number of carbonyl (C=O) groups excluding carboxylic acids is 1. The predicted molar refractivity (Wildman–Crippen MR) is 85.4 cm³/mol. The Bertz CT molecular complexity index is 797. The summed E-state index contributed by atoms with van der Waals surface area (Å²) in [7, 11) is 0. The number of aryl methyl sites for hydroxylation is 1. The Morgan fingerprint density at radius 3 is 2.68 bits per heavy atom. The normalized spacial score (nSPS) is 10.4. The highest BCUT2D eigenvalue weighted by Gasteiger charge is 2.13. The molecular formula is C19H17N2O+. The summed E-state index contributed by atoms with van der Waals surface area (Å²) in [6.07, 6.45) is 5.46. The molecule has 2 aromatic carbocycles. The van der Waals surface area contributed by atoms with Crippen molar-refractivity contribution in [3.05, 3.63) is 84.3 Å². The minimum Gasteiger partial charge on any atom is -0.287 e. The van der Waals surface area contributed by atoms with Gasteiger partial charge in [-0.2, -0.15) is 4.57 Å². The third-order valence-electron chi connectivity index (χ3n) is 3.50. The Hall–Kier alpha value is -2.81. The zero-order chi connectivity index (χ0) is 15.4. The number of hydrogen-bond acceptors (Lipinski definition) is 2. The smallest absolute Gasteiger partial charge is 0.227 e. The van der Waals surface area contributed by atoms with Gasteiger partial charge in [0.2, 0.25) is 12.3 Å². The topological polar surface area (TPSA) is 33.8 Å². The van der Waals surface area contributed by atoms with Gasteiger partial charge in [-0.3, -0.25) is 4.79 Å². The van der Waals surface area contributed by atoms with Crippen molar-refractivity contribution in [2.45, 2.75) is 13.5 Å². The molecule has 0 fully saturated rings. The first kappa shape index (κ1) is 14.1. The number of rotatable bonds is 4. The summed E-state index contributed by atoms with van der Waals surface area (Å²) in [6.45, 7) is 2.37. The lowest BCUT2D eigenvalue weighted by Gasteiger charge is -2.02. The third-order valence-corrected chi connectivity index (χ3v) is 3.50. The summed E-state index contributed by atoms with van der Waals surface area (Å²) in [6, 6.07) is 17.5. The lowest BCUT2D eigenvalue weighted by molar-refractivity contribution is -0.683. The summed E-state index contributed by atoms with van der Waals surface area (Å²) >= 11 is 0. The molecule has 0 unspecified atom stereocenters. The van der Waals surface area contributed by atoms with Crippen LogP contribution in [0.25, 0.3) is 11.3 Å². The summed E-state index contributed by atoms with van der Waals surface area (Å²) < 4.78 is 1.88. The van der Waals surface area contributed by atoms with Crippen molar-refractivity contribution in [3.63, 3.8) is 0 Å². The molecule has 3 heteroatoms. The van der Waals surface area contributed by atoms with Crippen LogP contribution in [0.1, 0.15) is 15.9 Å². The first-order valence-corrected chi connectivity index (χ1v) is 7.23. The van der Waals surface area contributed by atoms with Gasteiger partial charge in [-0.05, 0) is 13.0 Å². The fourth-order valence-electron chi connectivity index (χ4n) is 2.37. The number of benzene rings is 2. The van der Waals surface area contributed by atoms with Crippen LogP contribution in [0.5, 0.6) is 0 Å². The minimum atomic E-state index is 0.0898. The molecule has 0 aliphatic heterocycles. The summed E-state index contributed by atoms with van der Waals surface area (Å²) in [4.78, 5) is 16.7. The molecule has 0 N–H and O–H groups in total. The molecule has 0 bridgehead atoms. The van der Waals surface area contributed by atoms with Gasteiger partial charge in [0.25, 0.3) is 0 Å². The molecule has 0 saturated carbocycles. The van der Waals surface area contributed by atoms with Crippen LogP contribution in [0.2, 0.25) is 0 Å². The standard InChI is InChI=1S/C19H17N2O/c1-15-6-5-9-17(12-15)18-13-21(11-10-20-18)14-19(22)16-7-3-2-4-8-16/h2-13H,14H2,1H3/q+1. The highest BCUT2D eigenvalue weighted by Crippen LogP contribution is 2.15. The van der Waals surface area contributed by atoms with E-state index in [1.165, 1.54) is 5.56 Å². The van der Waals surface area contributed by atoms with Crippen molar-refractivity contribution >= 4 is 5.78 Å². The van der Waals surface area contributed by atoms with E-state index in [9.17, 15) is 4.79 Å². The average molecular weight is 289 g/mol. The number of hydrogen-bond donors (Lipinski definition) is 0. The lowest BCUT2D eigenvalue weighted by atomic mass is 10.1. The van der Waals surface area contributed by atoms with Crippen molar-refractivity contribution in [1.82, 2.24) is 4.98 Å². The van der Waals surface area contributed by atoms with E-state index in [0.29, 0.717) is 6.54 Å². The van der Waals surface area contributed by atoms with Crippen LogP contribution in [0.15, 0.2) is 73.2 Å². The maximum atomic E-state index is 12.3. The Balaban J connectivity index is 1.84. The summed E-state index contributed by atoms with van der Waals surface area (Å²) in [5, 5.41) is 0. The molecule has 3 nitrogen and oxygen atoms in total. The van der Waals surface area contributed by atoms with Gasteiger partial charge in [0, 0.05) is 11.1 Å². The van der Waals surface area contributed by atoms with Gasteiger partial charge in [-0.15, -0.1) is 0 Å². The molecule has 0 aliphatic carbocycles. The molecule has 22 heavy (non-hydrogen) atoms. The zero-order valence-corrected chi connectivity index (χ0v) is 12.4. The molecule has 0 radical (unpaired) electrons. The maximum absolute atomic E-state index is 12.3. The predicted octanol–water partition coefficient (Wildman–Crippen LogP) is 3.23. The van der Waals surface area contributed by atoms with Gasteiger partial charge in [0.15, 0.2) is 12.4 Å². The lowest BCUT2D eigenvalue weighted by Crippen LogP contribution is -2.37. The number of Topliss-reactive ketones (excluding diaryl/α,β-unsaturated/α-hetero) is 1. The molecule has 0 amide bonds. The molecule has 3 rings (SSSR count). The average Bonchev–Trinajstić information content (AvgIpc) is 2.56. The van der Waals surface area contributed by atoms with E-state index < -0.39 is 0 Å². The minimum absolute atomic E-state index is 0.0898. The second-order valence-electron chi connectivity index (χ2n) is 5.27. The van der Waals surface area contributed by atoms with E-state index >= 15 is 0 Å². The van der Waals surface area contributed by atoms with E-state index in [4.69, 9.17) is 0 Å². The van der Waals surface area contributed by atoms with Crippen LogP contribution < -0.4 is 4.57 Å². The van der Waals surface area contributed by atoms with Crippen molar-refractivity contribution in [1.29, 1.82) is 0 Å². The maximum Gasteiger partial charge on any atom is 0.227 e. The molecule has 0 saturated heterocycles. The van der Waals surface area contributed by atoms with Crippen molar-refractivity contribution < 1.29 is 9.36 Å². The van der Waals surface area contributed by atoms with E-state index in [1.807, 2.05) is 59.4 Å². The van der Waals surface area contributed by atoms with Gasteiger partial charge >= 0.3 is 0 Å². The second kappa shape index (κ2) is 6.31. The molecule has 0 atom stereocenters. The number of aromatic nitrogens is 2. The zero-order valence-electron chi connectivity index (χ0n) is 12.4. The SMILES string of the molecule is Cc1cccc(-c2c[n+](CC(=O)c3ccccc3)ccn2)c1. The van der Waals surface area contributed by atoms with Gasteiger partial charge in [0.05, 0.1) is 6.20 Å². The third kappa shape index (κ3) is 3.26. The fourth-order valence-corrected chi connectivity index (χ4v) is 2.37. The van der Waals surface area contributed by atoms with Crippen molar-refractivity contribution in [2.75, 3.05) is 0 Å². The largest absolute Gasteiger partial charge is 0.287 e. The van der Waals surface area contributed by atoms with Crippen LogP contribution in [0.3, 0.4) is 0 Å². The molecule has 0 aliphatic rings. The van der Waals surface area contributed by atoms with E-state index in [1.54, 1.807) is 6.20 Å². The van der Waals surface area contributed by atoms with Gasteiger partial charge in [-0.1, -0.05) is 54.1 Å². The van der Waals surface area contributed by atoms with Gasteiger partial charge in [-0.25, -0.2) is 4.98 Å². The number of ketones is 1. The highest BCUT2D eigenvalue weighted by atomic mass is 16.1. The van der Waals surface area contributed by atoms with Crippen molar-refractivity contribution in [2.24, 2.45) is 0 Å². The van der Waals surface area contributed by atoms with Crippen LogP contribution in [0.4, 0.5) is 0 Å². The van der Waals surface area contributed by atoms with E-state index in [0.717, 1.165) is 16.8 Å². The Morgan fingerprint density at radius 2 is 1.91 bits per heavy atom. The Labute approximate surface area is 129 Å².